The zero-order valence-corrected chi connectivity index (χ0v) is 24.3. The Bertz CT molecular complexity index is 1700. The van der Waals surface area contributed by atoms with Gasteiger partial charge in [-0.25, -0.2) is 9.97 Å². The molecule has 1 saturated heterocycles. The lowest BCUT2D eigenvalue weighted by molar-refractivity contribution is 0.0998. The number of hydrogen-bond acceptors (Lipinski definition) is 7. The number of aryl methyl sites for hydroxylation is 1. The number of carbonyl (C=O) groups is 1. The first-order valence-electron chi connectivity index (χ1n) is 13.9. The highest BCUT2D eigenvalue weighted by Crippen LogP contribution is 2.37. The third kappa shape index (κ3) is 5.68. The number of likely N-dealkylation sites (tertiary alicyclic amines) is 1. The van der Waals surface area contributed by atoms with Gasteiger partial charge in [0.15, 0.2) is 0 Å². The molecular weight excluding hydrogens is 532 g/mol. The third-order valence-electron chi connectivity index (χ3n) is 7.79. The highest BCUT2D eigenvalue weighted by Gasteiger charge is 2.21. The van der Waals surface area contributed by atoms with E-state index in [1.807, 2.05) is 61.0 Å². The van der Waals surface area contributed by atoms with Gasteiger partial charge in [-0.15, -0.1) is 11.3 Å². The summed E-state index contributed by atoms with van der Waals surface area (Å²) in [6, 6.07) is 20.8. The smallest absolute Gasteiger partial charge is 0.262 e. The van der Waals surface area contributed by atoms with E-state index >= 15 is 0 Å². The van der Waals surface area contributed by atoms with Crippen LogP contribution in [0, 0.1) is 6.92 Å². The number of rotatable bonds is 8. The highest BCUT2D eigenvalue weighted by molar-refractivity contribution is 7.16. The van der Waals surface area contributed by atoms with Crippen molar-refractivity contribution in [2.75, 3.05) is 25.5 Å². The van der Waals surface area contributed by atoms with Gasteiger partial charge in [0.1, 0.15) is 33.9 Å². The number of nitrogens with one attached hydrogen (secondary N) is 1. The van der Waals surface area contributed by atoms with Gasteiger partial charge < -0.3 is 20.7 Å². The molecule has 1 amide bonds. The number of aromatic nitrogens is 3. The molecule has 1 aliphatic heterocycles. The van der Waals surface area contributed by atoms with Crippen LogP contribution < -0.4 is 15.8 Å². The molecule has 6 rings (SSSR count). The Morgan fingerprint density at radius 2 is 1.85 bits per heavy atom. The fourth-order valence-electron chi connectivity index (χ4n) is 5.46. The van der Waals surface area contributed by atoms with Crippen LogP contribution in [0.2, 0.25) is 0 Å². The number of pyridine rings is 1. The number of imidazole rings is 1. The van der Waals surface area contributed by atoms with E-state index in [0.29, 0.717) is 16.7 Å². The second-order valence-corrected chi connectivity index (χ2v) is 11.8. The molecule has 3 aromatic heterocycles. The summed E-state index contributed by atoms with van der Waals surface area (Å²) >= 11 is 1.30. The first-order valence-corrected chi connectivity index (χ1v) is 14.7. The maximum atomic E-state index is 12.3. The second kappa shape index (κ2) is 11.3. The number of nitrogens with zero attached hydrogens (tertiary/aromatic N) is 4. The van der Waals surface area contributed by atoms with E-state index in [9.17, 15) is 4.79 Å². The van der Waals surface area contributed by atoms with Crippen molar-refractivity contribution in [2.24, 2.45) is 5.73 Å². The lowest BCUT2D eigenvalue weighted by Crippen LogP contribution is -2.36. The van der Waals surface area contributed by atoms with Gasteiger partial charge in [0.2, 0.25) is 0 Å². The number of thiophene rings is 1. The van der Waals surface area contributed by atoms with Crippen LogP contribution in [0.1, 0.15) is 46.7 Å². The maximum absolute atomic E-state index is 12.3. The monoisotopic (exact) mass is 566 g/mol. The molecule has 0 bridgehead atoms. The SMILES string of the molecule is Cc1ccccc1C(C)Oc1cc(-n2cnc3cc(-c4ccnc(NC5CCN(C)CC5)c4)ccc32)sc1C(N)=O. The summed E-state index contributed by atoms with van der Waals surface area (Å²) in [6.45, 7) is 6.23. The molecule has 2 aromatic carbocycles. The van der Waals surface area contributed by atoms with Gasteiger partial charge in [0, 0.05) is 18.3 Å². The van der Waals surface area contributed by atoms with Gasteiger partial charge in [0.05, 0.1) is 11.0 Å². The minimum absolute atomic E-state index is 0.238. The molecule has 0 spiro atoms. The summed E-state index contributed by atoms with van der Waals surface area (Å²) in [7, 11) is 2.17. The number of carbonyl (C=O) groups excluding carboxylic acids is 1. The number of fused-ring (bicyclic) bond motifs is 1. The van der Waals surface area contributed by atoms with Crippen LogP contribution in [0.25, 0.3) is 27.2 Å². The van der Waals surface area contributed by atoms with Gasteiger partial charge in [0.25, 0.3) is 5.91 Å². The standard InChI is InChI=1S/C32H34N6O2S/c1-20-6-4-5-7-25(20)21(2)40-28-18-30(41-31(28)32(33)39)38-19-35-26-16-22(8-9-27(26)38)23-10-13-34-29(17-23)36-24-11-14-37(3)15-12-24/h4-10,13,16-19,21,24H,11-12,14-15H2,1-3H3,(H2,33,39)(H,34,36). The molecule has 41 heavy (non-hydrogen) atoms. The summed E-state index contributed by atoms with van der Waals surface area (Å²) in [6.07, 6.45) is 5.62. The predicted octanol–water partition coefficient (Wildman–Crippen LogP) is 6.20. The molecule has 4 heterocycles. The Balaban J connectivity index is 1.25. The van der Waals surface area contributed by atoms with Crippen molar-refractivity contribution >= 4 is 34.1 Å². The van der Waals surface area contributed by atoms with Gasteiger partial charge in [-0.2, -0.15) is 0 Å². The Morgan fingerprint density at radius 3 is 2.63 bits per heavy atom. The first kappa shape index (κ1) is 27.0. The summed E-state index contributed by atoms with van der Waals surface area (Å²) < 4.78 is 8.25. The van der Waals surface area contributed by atoms with E-state index in [1.165, 1.54) is 11.3 Å². The number of primary amides is 1. The molecule has 1 atom stereocenters. The van der Waals surface area contributed by atoms with E-state index in [2.05, 4.69) is 51.5 Å². The van der Waals surface area contributed by atoms with Gasteiger partial charge >= 0.3 is 0 Å². The fourth-order valence-corrected chi connectivity index (χ4v) is 6.38. The van der Waals surface area contributed by atoms with Crippen LogP contribution in [0.3, 0.4) is 0 Å². The zero-order valence-electron chi connectivity index (χ0n) is 23.5. The van der Waals surface area contributed by atoms with Crippen molar-refractivity contribution in [1.82, 2.24) is 19.4 Å². The molecule has 1 aliphatic rings. The molecule has 1 unspecified atom stereocenters. The van der Waals surface area contributed by atoms with Crippen molar-refractivity contribution in [3.05, 3.63) is 89.2 Å². The third-order valence-corrected chi connectivity index (χ3v) is 8.92. The van der Waals surface area contributed by atoms with Crippen LogP contribution in [-0.2, 0) is 0 Å². The Labute approximate surface area is 243 Å². The van der Waals surface area contributed by atoms with Crippen molar-refractivity contribution in [3.63, 3.8) is 0 Å². The zero-order chi connectivity index (χ0) is 28.5. The fraction of sp³-hybridized carbons (Fsp3) is 0.281. The van der Waals surface area contributed by atoms with E-state index in [4.69, 9.17) is 10.5 Å². The molecule has 0 saturated carbocycles. The molecule has 3 N–H and O–H groups in total. The van der Waals surface area contributed by atoms with E-state index in [1.54, 1.807) is 6.33 Å². The molecule has 0 radical (unpaired) electrons. The quantitative estimate of drug-likeness (QED) is 0.232. The van der Waals surface area contributed by atoms with Crippen molar-refractivity contribution in [2.45, 2.75) is 38.8 Å². The molecular formula is C32H34N6O2S. The van der Waals surface area contributed by atoms with Crippen molar-refractivity contribution < 1.29 is 9.53 Å². The van der Waals surface area contributed by atoms with Crippen molar-refractivity contribution in [3.8, 4) is 21.9 Å². The van der Waals surface area contributed by atoms with Gasteiger partial charge in [-0.1, -0.05) is 30.3 Å². The minimum Gasteiger partial charge on any atom is -0.484 e. The molecule has 1 fully saturated rings. The largest absolute Gasteiger partial charge is 0.484 e. The lowest BCUT2D eigenvalue weighted by Gasteiger charge is -2.29. The Kier molecular flexibility index (Phi) is 7.47. The second-order valence-electron chi connectivity index (χ2n) is 10.7. The number of benzene rings is 2. The summed E-state index contributed by atoms with van der Waals surface area (Å²) in [5, 5.41) is 4.43. The minimum atomic E-state index is -0.512. The number of piperidine rings is 1. The maximum Gasteiger partial charge on any atom is 0.262 e. The van der Waals surface area contributed by atoms with E-state index in [0.717, 1.165) is 70.0 Å². The number of amides is 1. The number of ether oxygens (including phenoxy) is 1. The summed E-state index contributed by atoms with van der Waals surface area (Å²) in [5.74, 6) is 0.864. The van der Waals surface area contributed by atoms with Crippen LogP contribution in [0.15, 0.2) is 73.2 Å². The normalized spacial score (nSPS) is 15.2. The Hall–Kier alpha value is -4.21. The average Bonchev–Trinajstić information content (AvgIpc) is 3.58. The number of anilines is 1. The number of nitrogens with two attached hydrogens (primary N) is 1. The molecule has 5 aromatic rings. The lowest BCUT2D eigenvalue weighted by atomic mass is 10.0. The van der Waals surface area contributed by atoms with Crippen LogP contribution >= 0.6 is 11.3 Å². The first-order chi connectivity index (χ1) is 19.9. The Morgan fingerprint density at radius 1 is 1.07 bits per heavy atom. The topological polar surface area (TPSA) is 98.3 Å². The van der Waals surface area contributed by atoms with Crippen LogP contribution in [0.4, 0.5) is 5.82 Å². The molecule has 8 nitrogen and oxygen atoms in total. The van der Waals surface area contributed by atoms with E-state index < -0.39 is 5.91 Å². The summed E-state index contributed by atoms with van der Waals surface area (Å²) in [5.41, 5.74) is 11.9. The predicted molar refractivity (Wildman–Crippen MR) is 165 cm³/mol. The van der Waals surface area contributed by atoms with Crippen LogP contribution in [0.5, 0.6) is 5.75 Å². The number of hydrogen-bond donors (Lipinski definition) is 2. The van der Waals surface area contributed by atoms with Gasteiger partial charge in [-0.3, -0.25) is 9.36 Å². The molecule has 0 aliphatic carbocycles. The van der Waals surface area contributed by atoms with Crippen molar-refractivity contribution in [1.29, 1.82) is 0 Å². The van der Waals surface area contributed by atoms with Crippen LogP contribution in [-0.4, -0.2) is 51.5 Å². The van der Waals surface area contributed by atoms with Gasteiger partial charge in [-0.05, 0) is 93.3 Å². The van der Waals surface area contributed by atoms with E-state index in [-0.39, 0.29) is 6.10 Å². The summed E-state index contributed by atoms with van der Waals surface area (Å²) in [4.78, 5) is 24.3. The molecule has 210 valence electrons. The average molecular weight is 567 g/mol. The molecule has 9 heteroatoms. The highest BCUT2D eigenvalue weighted by atomic mass is 32.1.